The fourth-order valence-electron chi connectivity index (χ4n) is 0.984. The maximum atomic E-state index is 10.5. The van der Waals surface area contributed by atoms with Crippen molar-refractivity contribution in [3.8, 4) is 0 Å². The zero-order valence-electron chi connectivity index (χ0n) is 5.95. The lowest BCUT2D eigenvalue weighted by Gasteiger charge is -2.38. The molecule has 58 valence electrons. The number of nitrogens with zero attached hydrogens (tertiary/aromatic N) is 1. The van der Waals surface area contributed by atoms with Crippen LogP contribution in [0.4, 0.5) is 0 Å². The fourth-order valence-corrected chi connectivity index (χ4v) is 0.984. The fraction of sp³-hybridized carbons (Fsp3) is 0.833. The molecule has 10 heavy (non-hydrogen) atoms. The Morgan fingerprint density at radius 1 is 1.80 bits per heavy atom. The van der Waals surface area contributed by atoms with Gasteiger partial charge < -0.3 is 10.8 Å². The molecule has 1 atom stereocenters. The first kappa shape index (κ1) is 7.50. The van der Waals surface area contributed by atoms with Crippen molar-refractivity contribution in [3.05, 3.63) is 0 Å². The molecule has 0 spiro atoms. The van der Waals surface area contributed by atoms with Crippen molar-refractivity contribution >= 4 is 5.91 Å². The van der Waals surface area contributed by atoms with Crippen LogP contribution in [0.5, 0.6) is 0 Å². The van der Waals surface area contributed by atoms with Crippen molar-refractivity contribution in [3.63, 3.8) is 0 Å². The van der Waals surface area contributed by atoms with Crippen LogP contribution in [0.25, 0.3) is 0 Å². The van der Waals surface area contributed by atoms with Crippen molar-refractivity contribution in [1.29, 1.82) is 0 Å². The summed E-state index contributed by atoms with van der Waals surface area (Å²) in [5, 5.41) is 8.86. The highest BCUT2D eigenvalue weighted by Crippen LogP contribution is 2.10. The van der Waals surface area contributed by atoms with E-state index in [2.05, 4.69) is 0 Å². The Kier molecular flexibility index (Phi) is 1.92. The summed E-state index contributed by atoms with van der Waals surface area (Å²) in [6.45, 7) is 2.89. The van der Waals surface area contributed by atoms with E-state index in [4.69, 9.17) is 10.8 Å². The van der Waals surface area contributed by atoms with E-state index in [1.54, 1.807) is 6.92 Å². The average molecular weight is 144 g/mol. The first-order chi connectivity index (χ1) is 4.61. The smallest absolute Gasteiger partial charge is 0.234 e. The third-order valence-electron chi connectivity index (χ3n) is 1.85. The van der Waals surface area contributed by atoms with Gasteiger partial charge in [-0.1, -0.05) is 0 Å². The summed E-state index contributed by atoms with van der Waals surface area (Å²) in [6, 6.07) is -0.233. The lowest BCUT2D eigenvalue weighted by molar-refractivity contribution is -0.127. The maximum Gasteiger partial charge on any atom is 0.234 e. The van der Waals surface area contributed by atoms with Crippen molar-refractivity contribution in [2.75, 3.05) is 13.1 Å². The third-order valence-corrected chi connectivity index (χ3v) is 1.85. The van der Waals surface area contributed by atoms with Gasteiger partial charge in [0.2, 0.25) is 5.91 Å². The summed E-state index contributed by atoms with van der Waals surface area (Å²) in [5.74, 6) is -0.327. The van der Waals surface area contributed by atoms with E-state index >= 15 is 0 Å². The standard InChI is InChI=1S/C6H12N2O2/c1-4(6(7)10)8-2-5(9)3-8/h4-5,9H,2-3H2,1H3,(H2,7,10). The number of β-amino-alcohol motifs (C(OH)–C–C–N with tert-alkyl or cyclic N) is 1. The molecule has 1 amide bonds. The quantitative estimate of drug-likeness (QED) is 0.497. The van der Waals surface area contributed by atoms with Gasteiger partial charge in [0.05, 0.1) is 12.1 Å². The molecule has 1 rings (SSSR count). The van der Waals surface area contributed by atoms with Crippen LogP contribution in [0.3, 0.4) is 0 Å². The van der Waals surface area contributed by atoms with Gasteiger partial charge in [0.1, 0.15) is 0 Å². The van der Waals surface area contributed by atoms with E-state index in [1.807, 2.05) is 4.90 Å². The number of hydrogen-bond acceptors (Lipinski definition) is 3. The number of hydrogen-bond donors (Lipinski definition) is 2. The normalized spacial score (nSPS) is 23.8. The van der Waals surface area contributed by atoms with E-state index in [9.17, 15) is 4.79 Å². The molecule has 3 N–H and O–H groups in total. The van der Waals surface area contributed by atoms with Crippen LogP contribution in [0.1, 0.15) is 6.92 Å². The second-order valence-corrected chi connectivity index (χ2v) is 2.69. The van der Waals surface area contributed by atoms with Crippen LogP contribution in [0.15, 0.2) is 0 Å². The van der Waals surface area contributed by atoms with Gasteiger partial charge in [-0.2, -0.15) is 0 Å². The number of amides is 1. The number of aliphatic hydroxyl groups is 1. The second-order valence-electron chi connectivity index (χ2n) is 2.69. The molecule has 1 fully saturated rings. The highest BCUT2D eigenvalue weighted by molar-refractivity contribution is 5.79. The number of nitrogens with two attached hydrogens (primary N) is 1. The van der Waals surface area contributed by atoms with Crippen LogP contribution in [-0.4, -0.2) is 41.1 Å². The Balaban J connectivity index is 2.31. The number of primary amides is 1. The largest absolute Gasteiger partial charge is 0.390 e. The van der Waals surface area contributed by atoms with Gasteiger partial charge in [0.25, 0.3) is 0 Å². The molecule has 1 heterocycles. The number of rotatable bonds is 2. The van der Waals surface area contributed by atoms with Gasteiger partial charge in [-0.15, -0.1) is 0 Å². The number of carbonyl (C=O) groups excluding carboxylic acids is 1. The SMILES string of the molecule is CC(C(N)=O)N1CC(O)C1. The monoisotopic (exact) mass is 144 g/mol. The molecule has 0 aromatic heterocycles. The van der Waals surface area contributed by atoms with Crippen LogP contribution >= 0.6 is 0 Å². The molecule has 1 saturated heterocycles. The van der Waals surface area contributed by atoms with E-state index in [-0.39, 0.29) is 18.1 Å². The Bertz CT molecular complexity index is 143. The van der Waals surface area contributed by atoms with Crippen molar-refractivity contribution in [1.82, 2.24) is 4.90 Å². The van der Waals surface area contributed by atoms with Crippen LogP contribution in [-0.2, 0) is 4.79 Å². The first-order valence-corrected chi connectivity index (χ1v) is 3.32. The number of likely N-dealkylation sites (tertiary alicyclic amines) is 1. The van der Waals surface area contributed by atoms with Gasteiger partial charge in [0, 0.05) is 13.1 Å². The zero-order chi connectivity index (χ0) is 7.72. The predicted octanol–water partition coefficient (Wildman–Crippen LogP) is -1.46. The molecule has 1 aliphatic rings. The summed E-state index contributed by atoms with van der Waals surface area (Å²) in [6.07, 6.45) is -0.262. The molecule has 0 saturated carbocycles. The van der Waals surface area contributed by atoms with E-state index in [1.165, 1.54) is 0 Å². The molecule has 0 bridgehead atoms. The molecule has 0 aromatic carbocycles. The minimum absolute atomic E-state index is 0.233. The van der Waals surface area contributed by atoms with Crippen LogP contribution in [0.2, 0.25) is 0 Å². The van der Waals surface area contributed by atoms with Crippen molar-refractivity contribution < 1.29 is 9.90 Å². The minimum Gasteiger partial charge on any atom is -0.390 e. The molecular formula is C6H12N2O2. The van der Waals surface area contributed by atoms with Gasteiger partial charge in [-0.25, -0.2) is 0 Å². The predicted molar refractivity (Wildman–Crippen MR) is 36.2 cm³/mol. The molecule has 4 nitrogen and oxygen atoms in total. The topological polar surface area (TPSA) is 66.6 Å². The minimum atomic E-state index is -0.327. The van der Waals surface area contributed by atoms with Gasteiger partial charge >= 0.3 is 0 Å². The van der Waals surface area contributed by atoms with Gasteiger partial charge in [-0.3, -0.25) is 9.69 Å². The molecule has 1 aliphatic heterocycles. The highest BCUT2D eigenvalue weighted by Gasteiger charge is 2.30. The maximum absolute atomic E-state index is 10.5. The van der Waals surface area contributed by atoms with Crippen LogP contribution in [0, 0.1) is 0 Å². The average Bonchev–Trinajstić information content (AvgIpc) is 1.79. The lowest BCUT2D eigenvalue weighted by Crippen LogP contribution is -2.57. The molecular weight excluding hydrogens is 132 g/mol. The summed E-state index contributed by atoms with van der Waals surface area (Å²) in [7, 11) is 0. The van der Waals surface area contributed by atoms with E-state index in [0.717, 1.165) is 0 Å². The zero-order valence-corrected chi connectivity index (χ0v) is 5.95. The van der Waals surface area contributed by atoms with E-state index in [0.29, 0.717) is 13.1 Å². The molecule has 4 heteroatoms. The highest BCUT2D eigenvalue weighted by atomic mass is 16.3. The van der Waals surface area contributed by atoms with Gasteiger partial charge in [-0.05, 0) is 6.92 Å². The Hall–Kier alpha value is -0.610. The molecule has 0 aliphatic carbocycles. The summed E-state index contributed by atoms with van der Waals surface area (Å²) in [4.78, 5) is 12.4. The lowest BCUT2D eigenvalue weighted by atomic mass is 10.1. The summed E-state index contributed by atoms with van der Waals surface area (Å²) in [5.41, 5.74) is 5.03. The second kappa shape index (κ2) is 2.56. The molecule has 0 radical (unpaired) electrons. The van der Waals surface area contributed by atoms with Crippen molar-refractivity contribution in [2.24, 2.45) is 5.73 Å². The third kappa shape index (κ3) is 1.27. The molecule has 0 aromatic rings. The molecule has 1 unspecified atom stereocenters. The first-order valence-electron chi connectivity index (χ1n) is 3.32. The van der Waals surface area contributed by atoms with E-state index < -0.39 is 0 Å². The Morgan fingerprint density at radius 2 is 2.30 bits per heavy atom. The summed E-state index contributed by atoms with van der Waals surface area (Å²) < 4.78 is 0. The summed E-state index contributed by atoms with van der Waals surface area (Å²) >= 11 is 0. The Labute approximate surface area is 59.6 Å². The Morgan fingerprint density at radius 3 is 2.60 bits per heavy atom. The van der Waals surface area contributed by atoms with Crippen LogP contribution < -0.4 is 5.73 Å². The number of aliphatic hydroxyl groups excluding tert-OH is 1. The van der Waals surface area contributed by atoms with Gasteiger partial charge in [0.15, 0.2) is 0 Å². The van der Waals surface area contributed by atoms with Crippen molar-refractivity contribution in [2.45, 2.75) is 19.1 Å². The number of carbonyl (C=O) groups is 1.